The van der Waals surface area contributed by atoms with E-state index in [4.69, 9.17) is 0 Å². The van der Waals surface area contributed by atoms with E-state index in [0.717, 1.165) is 11.2 Å². The highest BCUT2D eigenvalue weighted by atomic mass is 32.2. The molecule has 5 heteroatoms. The predicted octanol–water partition coefficient (Wildman–Crippen LogP) is 1.29. The van der Waals surface area contributed by atoms with Crippen LogP contribution in [0.4, 0.5) is 0 Å². The van der Waals surface area contributed by atoms with E-state index < -0.39 is 15.3 Å². The van der Waals surface area contributed by atoms with Crippen molar-refractivity contribution < 1.29 is 13.2 Å². The van der Waals surface area contributed by atoms with Gasteiger partial charge in [0.25, 0.3) is 0 Å². The Balaban J connectivity index is 2.21. The molecule has 0 amide bonds. The Morgan fingerprint density at radius 3 is 2.80 bits per heavy atom. The minimum absolute atomic E-state index is 0.0153. The third-order valence-corrected chi connectivity index (χ3v) is 5.49. The molecule has 82 valence electrons. The number of hydrogen-bond acceptors (Lipinski definition) is 4. The lowest BCUT2D eigenvalue weighted by Gasteiger charge is -2.18. The fourth-order valence-electron chi connectivity index (χ4n) is 1.98. The summed E-state index contributed by atoms with van der Waals surface area (Å²) in [6.07, 6.45) is 1.86. The van der Waals surface area contributed by atoms with Crippen LogP contribution in [0, 0.1) is 5.41 Å². The Hall–Kier alpha value is -0.680. The van der Waals surface area contributed by atoms with E-state index in [0.29, 0.717) is 12.8 Å². The van der Waals surface area contributed by atoms with E-state index in [-0.39, 0.29) is 11.5 Å². The molecule has 0 spiro atoms. The van der Waals surface area contributed by atoms with Gasteiger partial charge < -0.3 is 4.79 Å². The van der Waals surface area contributed by atoms with E-state index in [2.05, 4.69) is 0 Å². The first kappa shape index (κ1) is 10.8. The van der Waals surface area contributed by atoms with Crippen molar-refractivity contribution in [2.24, 2.45) is 5.41 Å². The van der Waals surface area contributed by atoms with Gasteiger partial charge in [0.2, 0.25) is 0 Å². The second kappa shape index (κ2) is 3.72. The van der Waals surface area contributed by atoms with E-state index in [1.54, 1.807) is 11.3 Å². The summed E-state index contributed by atoms with van der Waals surface area (Å²) in [6, 6.07) is 3.86. The standard InChI is InChI=1S/C10H12O3S2/c11-7-10(3-5-15(12,13)8-10)6-9-2-1-4-14-9/h1-2,4,7H,3,5-6,8H2. The van der Waals surface area contributed by atoms with Crippen LogP contribution in [0.15, 0.2) is 17.5 Å². The molecule has 1 aromatic rings. The van der Waals surface area contributed by atoms with E-state index in [1.807, 2.05) is 17.5 Å². The molecule has 15 heavy (non-hydrogen) atoms. The molecule has 0 N–H and O–H groups in total. The van der Waals surface area contributed by atoms with Gasteiger partial charge in [0.1, 0.15) is 6.29 Å². The van der Waals surface area contributed by atoms with Crippen LogP contribution in [0.1, 0.15) is 11.3 Å². The van der Waals surface area contributed by atoms with Gasteiger partial charge in [0, 0.05) is 10.3 Å². The molecule has 0 aromatic carbocycles. The average molecular weight is 244 g/mol. The Morgan fingerprint density at radius 2 is 2.33 bits per heavy atom. The van der Waals surface area contributed by atoms with Crippen molar-refractivity contribution in [1.82, 2.24) is 0 Å². The molecule has 1 atom stereocenters. The Labute approximate surface area is 93.0 Å². The smallest absolute Gasteiger partial charge is 0.151 e. The second-order valence-electron chi connectivity index (χ2n) is 4.08. The Kier molecular flexibility index (Phi) is 2.68. The topological polar surface area (TPSA) is 51.2 Å². The number of hydrogen-bond donors (Lipinski definition) is 0. The van der Waals surface area contributed by atoms with Crippen LogP contribution in [-0.2, 0) is 21.1 Å². The maximum Gasteiger partial charge on any atom is 0.151 e. The highest BCUT2D eigenvalue weighted by Crippen LogP contribution is 2.34. The van der Waals surface area contributed by atoms with E-state index in [9.17, 15) is 13.2 Å². The molecule has 1 aromatic heterocycles. The average Bonchev–Trinajstić information content (AvgIpc) is 2.75. The number of thiophene rings is 1. The summed E-state index contributed by atoms with van der Waals surface area (Å²) >= 11 is 1.57. The van der Waals surface area contributed by atoms with Gasteiger partial charge in [0.15, 0.2) is 9.84 Å². The maximum atomic E-state index is 11.4. The number of carbonyl (C=O) groups is 1. The number of carbonyl (C=O) groups excluding carboxylic acids is 1. The monoisotopic (exact) mass is 244 g/mol. The minimum Gasteiger partial charge on any atom is -0.303 e. The maximum absolute atomic E-state index is 11.4. The van der Waals surface area contributed by atoms with Crippen LogP contribution in [0.3, 0.4) is 0 Å². The molecule has 1 aliphatic rings. The number of aldehydes is 1. The third-order valence-electron chi connectivity index (χ3n) is 2.77. The van der Waals surface area contributed by atoms with Gasteiger partial charge in [-0.05, 0) is 24.3 Å². The molecule has 0 saturated carbocycles. The molecular formula is C10H12O3S2. The normalized spacial score (nSPS) is 29.1. The van der Waals surface area contributed by atoms with Crippen LogP contribution in [0.25, 0.3) is 0 Å². The molecule has 3 nitrogen and oxygen atoms in total. The van der Waals surface area contributed by atoms with Gasteiger partial charge >= 0.3 is 0 Å². The van der Waals surface area contributed by atoms with Crippen molar-refractivity contribution in [2.45, 2.75) is 12.8 Å². The summed E-state index contributed by atoms with van der Waals surface area (Å²) < 4.78 is 22.8. The summed E-state index contributed by atoms with van der Waals surface area (Å²) in [5.74, 6) is 0.165. The minimum atomic E-state index is -3.00. The zero-order valence-corrected chi connectivity index (χ0v) is 9.81. The third kappa shape index (κ3) is 2.29. The van der Waals surface area contributed by atoms with Gasteiger partial charge in [-0.1, -0.05) is 6.07 Å². The predicted molar refractivity (Wildman–Crippen MR) is 59.8 cm³/mol. The summed E-state index contributed by atoms with van der Waals surface area (Å²) in [7, 11) is -3.00. The van der Waals surface area contributed by atoms with Crippen molar-refractivity contribution in [3.63, 3.8) is 0 Å². The van der Waals surface area contributed by atoms with Gasteiger partial charge in [-0.2, -0.15) is 0 Å². The van der Waals surface area contributed by atoms with E-state index >= 15 is 0 Å². The number of sulfone groups is 1. The number of rotatable bonds is 3. The first-order valence-corrected chi connectivity index (χ1v) is 7.45. The molecule has 2 rings (SSSR count). The van der Waals surface area contributed by atoms with Crippen LogP contribution >= 0.6 is 11.3 Å². The van der Waals surface area contributed by atoms with Gasteiger partial charge in [-0.25, -0.2) is 8.42 Å². The molecule has 1 saturated heterocycles. The largest absolute Gasteiger partial charge is 0.303 e. The zero-order valence-electron chi connectivity index (χ0n) is 8.18. The fraction of sp³-hybridized carbons (Fsp3) is 0.500. The van der Waals surface area contributed by atoms with Gasteiger partial charge in [-0.3, -0.25) is 0 Å². The summed E-state index contributed by atoms with van der Waals surface area (Å²) in [5, 5.41) is 1.94. The van der Waals surface area contributed by atoms with Crippen molar-refractivity contribution >= 4 is 27.5 Å². The molecular weight excluding hydrogens is 232 g/mol. The van der Waals surface area contributed by atoms with Crippen LogP contribution in [-0.4, -0.2) is 26.2 Å². The molecule has 1 unspecified atom stereocenters. The Bertz CT molecular complexity index is 447. The fourth-order valence-corrected chi connectivity index (χ4v) is 4.89. The quantitative estimate of drug-likeness (QED) is 0.753. The highest BCUT2D eigenvalue weighted by Gasteiger charge is 2.42. The highest BCUT2D eigenvalue weighted by molar-refractivity contribution is 7.91. The molecule has 0 aliphatic carbocycles. The SMILES string of the molecule is O=CC1(Cc2cccs2)CCS(=O)(=O)C1. The zero-order chi connectivity index (χ0) is 10.9. The lowest BCUT2D eigenvalue weighted by Crippen LogP contribution is -2.26. The van der Waals surface area contributed by atoms with Crippen LogP contribution in [0.5, 0.6) is 0 Å². The van der Waals surface area contributed by atoms with Gasteiger partial charge in [-0.15, -0.1) is 11.3 Å². The molecule has 0 radical (unpaired) electrons. The summed E-state index contributed by atoms with van der Waals surface area (Å²) in [4.78, 5) is 12.2. The molecule has 1 fully saturated rings. The van der Waals surface area contributed by atoms with Crippen molar-refractivity contribution in [2.75, 3.05) is 11.5 Å². The molecule has 2 heterocycles. The van der Waals surface area contributed by atoms with Crippen molar-refractivity contribution in [3.05, 3.63) is 22.4 Å². The molecule has 0 bridgehead atoms. The van der Waals surface area contributed by atoms with Gasteiger partial charge in [0.05, 0.1) is 11.5 Å². The van der Waals surface area contributed by atoms with Crippen LogP contribution in [0.2, 0.25) is 0 Å². The lowest BCUT2D eigenvalue weighted by atomic mass is 9.85. The molecule has 1 aliphatic heterocycles. The van der Waals surface area contributed by atoms with E-state index in [1.165, 1.54) is 0 Å². The van der Waals surface area contributed by atoms with Crippen molar-refractivity contribution in [3.8, 4) is 0 Å². The van der Waals surface area contributed by atoms with Crippen LogP contribution < -0.4 is 0 Å². The lowest BCUT2D eigenvalue weighted by molar-refractivity contribution is -0.115. The van der Waals surface area contributed by atoms with Crippen molar-refractivity contribution in [1.29, 1.82) is 0 Å². The summed E-state index contributed by atoms with van der Waals surface area (Å²) in [6.45, 7) is 0. The Morgan fingerprint density at radius 1 is 1.53 bits per heavy atom. The first-order valence-electron chi connectivity index (χ1n) is 4.74. The first-order chi connectivity index (χ1) is 7.05. The second-order valence-corrected chi connectivity index (χ2v) is 7.29. The summed E-state index contributed by atoms with van der Waals surface area (Å²) in [5.41, 5.74) is -0.663.